The lowest BCUT2D eigenvalue weighted by Gasteiger charge is -2.03. The van der Waals surface area contributed by atoms with E-state index in [4.69, 9.17) is 0 Å². The van der Waals surface area contributed by atoms with Crippen molar-refractivity contribution >= 4 is 22.7 Å². The molecule has 7 heteroatoms. The van der Waals surface area contributed by atoms with Crippen molar-refractivity contribution in [3.05, 3.63) is 64.8 Å². The van der Waals surface area contributed by atoms with E-state index in [0.29, 0.717) is 11.5 Å². The van der Waals surface area contributed by atoms with Crippen molar-refractivity contribution < 1.29 is 4.79 Å². The van der Waals surface area contributed by atoms with Crippen molar-refractivity contribution in [2.24, 2.45) is 5.10 Å². The summed E-state index contributed by atoms with van der Waals surface area (Å²) < 4.78 is 1.31. The van der Waals surface area contributed by atoms with Gasteiger partial charge in [0.05, 0.1) is 11.0 Å². The number of aromatic nitrogens is 3. The summed E-state index contributed by atoms with van der Waals surface area (Å²) in [6, 6.07) is 12.3. The predicted octanol–water partition coefficient (Wildman–Crippen LogP) is 1.26. The van der Waals surface area contributed by atoms with Gasteiger partial charge in [-0.1, -0.05) is 18.2 Å². The van der Waals surface area contributed by atoms with E-state index < -0.39 is 0 Å². The first-order valence-electron chi connectivity index (χ1n) is 7.07. The van der Waals surface area contributed by atoms with Gasteiger partial charge in [0, 0.05) is 12.3 Å². The van der Waals surface area contributed by atoms with E-state index >= 15 is 0 Å². The molecule has 0 atom stereocenters. The van der Waals surface area contributed by atoms with Crippen molar-refractivity contribution in [2.75, 3.05) is 0 Å². The Kier molecular flexibility index (Phi) is 4.01. The summed E-state index contributed by atoms with van der Waals surface area (Å²) in [7, 11) is 0. The number of nitrogens with zero attached hydrogens (tertiary/aromatic N) is 3. The van der Waals surface area contributed by atoms with Crippen LogP contribution in [0.15, 0.2) is 58.6 Å². The molecule has 0 spiro atoms. The number of hydrazone groups is 1. The fourth-order valence-electron chi connectivity index (χ4n) is 2.10. The highest BCUT2D eigenvalue weighted by Crippen LogP contribution is 2.10. The molecule has 3 rings (SSSR count). The summed E-state index contributed by atoms with van der Waals surface area (Å²) in [5.74, 6) is 0.206. The summed E-state index contributed by atoms with van der Waals surface area (Å²) in [6.07, 6.45) is 1.55. The number of pyridine rings is 1. The average Bonchev–Trinajstić information content (AvgIpc) is 2.99. The van der Waals surface area contributed by atoms with Crippen LogP contribution in [0.1, 0.15) is 12.7 Å². The number of hydrogen-bond acceptors (Lipinski definition) is 4. The number of amides is 1. The van der Waals surface area contributed by atoms with Crippen molar-refractivity contribution in [1.29, 1.82) is 0 Å². The van der Waals surface area contributed by atoms with Crippen molar-refractivity contribution in [3.63, 3.8) is 0 Å². The van der Waals surface area contributed by atoms with Crippen LogP contribution in [0.25, 0.3) is 11.0 Å². The number of carbonyl (C=O) groups excluding carboxylic acids is 1. The molecule has 0 radical (unpaired) electrons. The first-order valence-corrected chi connectivity index (χ1v) is 7.07. The number of para-hydroxylation sites is 2. The Morgan fingerprint density at radius 2 is 2.04 bits per heavy atom. The molecule has 3 aromatic rings. The number of H-pyrrole nitrogens is 1. The Balaban J connectivity index is 1.70. The Hall–Kier alpha value is -3.22. The molecular formula is C16H15N5O2. The molecular weight excluding hydrogens is 294 g/mol. The van der Waals surface area contributed by atoms with Gasteiger partial charge >= 0.3 is 0 Å². The highest BCUT2D eigenvalue weighted by molar-refractivity contribution is 5.98. The fraction of sp³-hybridized carbons (Fsp3) is 0.125. The maximum atomic E-state index is 11.9. The van der Waals surface area contributed by atoms with Gasteiger partial charge in [0.15, 0.2) is 5.82 Å². The Morgan fingerprint density at radius 1 is 1.26 bits per heavy atom. The highest BCUT2D eigenvalue weighted by Gasteiger charge is 2.07. The molecule has 0 aliphatic rings. The van der Waals surface area contributed by atoms with Crippen LogP contribution in [0.4, 0.5) is 0 Å². The van der Waals surface area contributed by atoms with Crippen LogP contribution < -0.4 is 11.0 Å². The lowest BCUT2D eigenvalue weighted by Crippen LogP contribution is -2.29. The molecule has 0 fully saturated rings. The topological polar surface area (TPSA) is 92.1 Å². The van der Waals surface area contributed by atoms with Crippen LogP contribution in [-0.2, 0) is 11.3 Å². The SMILES string of the molecule is C/C(=N\NC(=O)Cn1ccccc1=O)c1nc2ccccc2[nH]1. The van der Waals surface area contributed by atoms with Crippen LogP contribution in [0.2, 0.25) is 0 Å². The molecule has 116 valence electrons. The zero-order valence-electron chi connectivity index (χ0n) is 12.5. The number of aromatic amines is 1. The normalized spacial score (nSPS) is 11.6. The molecule has 7 nitrogen and oxygen atoms in total. The molecule has 1 aromatic carbocycles. The van der Waals surface area contributed by atoms with Crippen LogP contribution >= 0.6 is 0 Å². The van der Waals surface area contributed by atoms with Gasteiger partial charge in [-0.2, -0.15) is 5.10 Å². The maximum Gasteiger partial charge on any atom is 0.260 e. The second kappa shape index (κ2) is 6.27. The quantitative estimate of drug-likeness (QED) is 0.561. The van der Waals surface area contributed by atoms with Crippen LogP contribution in [0.3, 0.4) is 0 Å². The third-order valence-electron chi connectivity index (χ3n) is 3.29. The summed E-state index contributed by atoms with van der Waals surface area (Å²) in [6.45, 7) is 1.66. The zero-order valence-corrected chi connectivity index (χ0v) is 12.5. The van der Waals surface area contributed by atoms with E-state index in [2.05, 4.69) is 20.5 Å². The van der Waals surface area contributed by atoms with Crippen LogP contribution in [-0.4, -0.2) is 26.2 Å². The number of benzene rings is 1. The van der Waals surface area contributed by atoms with Gasteiger partial charge in [0.2, 0.25) is 0 Å². The minimum Gasteiger partial charge on any atom is -0.337 e. The standard InChI is InChI=1S/C16H15N5O2/c1-11(16-17-12-6-2-3-7-13(12)18-16)19-20-14(22)10-21-9-5-4-8-15(21)23/h2-9H,10H2,1H3,(H,17,18)(H,20,22)/b19-11+. The molecule has 0 aliphatic heterocycles. The van der Waals surface area contributed by atoms with Gasteiger partial charge in [-0.25, -0.2) is 10.4 Å². The first-order chi connectivity index (χ1) is 11.1. The number of hydrogen-bond donors (Lipinski definition) is 2. The maximum absolute atomic E-state index is 11.9. The van der Waals surface area contributed by atoms with E-state index in [0.717, 1.165) is 11.0 Å². The third kappa shape index (κ3) is 3.34. The van der Waals surface area contributed by atoms with E-state index in [9.17, 15) is 9.59 Å². The molecule has 2 aromatic heterocycles. The van der Waals surface area contributed by atoms with Crippen molar-refractivity contribution in [2.45, 2.75) is 13.5 Å². The van der Waals surface area contributed by atoms with Gasteiger partial charge in [-0.05, 0) is 25.1 Å². The van der Waals surface area contributed by atoms with Gasteiger partial charge in [-0.15, -0.1) is 0 Å². The van der Waals surface area contributed by atoms with E-state index in [1.54, 1.807) is 25.3 Å². The van der Waals surface area contributed by atoms with E-state index in [1.165, 1.54) is 10.6 Å². The summed E-state index contributed by atoms with van der Waals surface area (Å²) in [4.78, 5) is 30.9. The number of rotatable bonds is 4. The molecule has 0 aliphatic carbocycles. The molecule has 2 heterocycles. The van der Waals surface area contributed by atoms with Crippen LogP contribution in [0, 0.1) is 0 Å². The smallest absolute Gasteiger partial charge is 0.260 e. The monoisotopic (exact) mass is 309 g/mol. The van der Waals surface area contributed by atoms with Crippen LogP contribution in [0.5, 0.6) is 0 Å². The number of nitrogens with one attached hydrogen (secondary N) is 2. The number of imidazole rings is 1. The summed E-state index contributed by atoms with van der Waals surface area (Å²) in [5, 5.41) is 4.02. The predicted molar refractivity (Wildman–Crippen MR) is 87.1 cm³/mol. The summed E-state index contributed by atoms with van der Waals surface area (Å²) in [5.41, 5.74) is 4.48. The van der Waals surface area contributed by atoms with E-state index in [-0.39, 0.29) is 18.0 Å². The minimum absolute atomic E-state index is 0.0867. The second-order valence-corrected chi connectivity index (χ2v) is 5.00. The Morgan fingerprint density at radius 3 is 2.83 bits per heavy atom. The lowest BCUT2D eigenvalue weighted by molar-refractivity contribution is -0.121. The molecule has 0 unspecified atom stereocenters. The number of carbonyl (C=O) groups is 1. The zero-order chi connectivity index (χ0) is 16.2. The largest absolute Gasteiger partial charge is 0.337 e. The molecule has 23 heavy (non-hydrogen) atoms. The van der Waals surface area contributed by atoms with E-state index in [1.807, 2.05) is 24.3 Å². The Bertz CT molecular complexity index is 906. The number of fused-ring (bicyclic) bond motifs is 1. The Labute approximate surface area is 131 Å². The van der Waals surface area contributed by atoms with Gasteiger partial charge in [0.25, 0.3) is 11.5 Å². The van der Waals surface area contributed by atoms with Crippen molar-refractivity contribution in [3.8, 4) is 0 Å². The first kappa shape index (κ1) is 14.7. The molecule has 2 N–H and O–H groups in total. The highest BCUT2D eigenvalue weighted by atomic mass is 16.2. The van der Waals surface area contributed by atoms with Gasteiger partial charge in [0.1, 0.15) is 12.3 Å². The average molecular weight is 309 g/mol. The third-order valence-corrected chi connectivity index (χ3v) is 3.29. The lowest BCUT2D eigenvalue weighted by atomic mass is 10.3. The van der Waals surface area contributed by atoms with Crippen molar-refractivity contribution in [1.82, 2.24) is 20.0 Å². The molecule has 1 amide bonds. The van der Waals surface area contributed by atoms with Gasteiger partial charge < -0.3 is 9.55 Å². The second-order valence-electron chi connectivity index (χ2n) is 5.00. The molecule has 0 saturated heterocycles. The minimum atomic E-state index is -0.381. The summed E-state index contributed by atoms with van der Waals surface area (Å²) >= 11 is 0. The molecule has 0 saturated carbocycles. The molecule has 0 bridgehead atoms. The van der Waals surface area contributed by atoms with Gasteiger partial charge in [-0.3, -0.25) is 9.59 Å². The fourth-order valence-corrected chi connectivity index (χ4v) is 2.10.